The summed E-state index contributed by atoms with van der Waals surface area (Å²) in [6.45, 7) is 0. The average Bonchev–Trinajstić information content (AvgIpc) is 2.38. The van der Waals surface area contributed by atoms with Crippen molar-refractivity contribution < 1.29 is 8.76 Å². The first kappa shape index (κ1) is 14.9. The van der Waals surface area contributed by atoms with E-state index in [1.165, 1.54) is 0 Å². The molecule has 19 heavy (non-hydrogen) atoms. The molecular weight excluding hydrogens is 323 g/mol. The normalized spacial score (nSPS) is 12.4. The third kappa shape index (κ3) is 4.23. The van der Waals surface area contributed by atoms with E-state index in [0.29, 0.717) is 14.9 Å². The van der Waals surface area contributed by atoms with Gasteiger partial charge in [0.25, 0.3) is 0 Å². The fraction of sp³-hybridized carbons (Fsp3) is 0.0769. The van der Waals surface area contributed by atoms with Crippen LogP contribution in [-0.2, 0) is 16.8 Å². The first-order chi connectivity index (χ1) is 9.06. The van der Waals surface area contributed by atoms with Crippen molar-refractivity contribution in [1.29, 1.82) is 0 Å². The van der Waals surface area contributed by atoms with Gasteiger partial charge in [0.1, 0.15) is 0 Å². The quantitative estimate of drug-likeness (QED) is 0.641. The predicted octanol–water partition coefficient (Wildman–Crippen LogP) is 4.87. The highest BCUT2D eigenvalue weighted by Crippen LogP contribution is 2.31. The molecule has 100 valence electrons. The van der Waals surface area contributed by atoms with Crippen LogP contribution in [-0.4, -0.2) is 8.76 Å². The number of rotatable bonds is 4. The van der Waals surface area contributed by atoms with Crippen molar-refractivity contribution in [1.82, 2.24) is 0 Å². The molecule has 1 atom stereocenters. The molecule has 0 bridgehead atoms. The first-order valence-electron chi connectivity index (χ1n) is 5.34. The Bertz CT molecular complexity index is 600. The monoisotopic (exact) mass is 332 g/mol. The van der Waals surface area contributed by atoms with E-state index in [2.05, 4.69) is 0 Å². The van der Waals surface area contributed by atoms with Crippen molar-refractivity contribution in [2.24, 2.45) is 0 Å². The van der Waals surface area contributed by atoms with Gasteiger partial charge in [-0.1, -0.05) is 35.3 Å². The molecule has 2 aromatic carbocycles. The smallest absolute Gasteiger partial charge is 0.186 e. The lowest BCUT2D eigenvalue weighted by molar-refractivity contribution is 0.564. The molecule has 1 unspecified atom stereocenters. The lowest BCUT2D eigenvalue weighted by Gasteiger charge is -2.05. The lowest BCUT2D eigenvalue weighted by Crippen LogP contribution is -1.88. The van der Waals surface area contributed by atoms with Gasteiger partial charge in [0.15, 0.2) is 11.1 Å². The Labute approximate surface area is 128 Å². The SMILES string of the molecule is O=S(O)c1ccc(CSc2ccc(Cl)cc2Cl)cc1. The summed E-state index contributed by atoms with van der Waals surface area (Å²) in [4.78, 5) is 1.36. The summed E-state index contributed by atoms with van der Waals surface area (Å²) in [5, 5.41) is 1.25. The summed E-state index contributed by atoms with van der Waals surface area (Å²) in [6, 6.07) is 12.4. The van der Waals surface area contributed by atoms with Gasteiger partial charge in [0, 0.05) is 15.7 Å². The summed E-state index contributed by atoms with van der Waals surface area (Å²) < 4.78 is 19.8. The van der Waals surface area contributed by atoms with Crippen molar-refractivity contribution in [2.75, 3.05) is 0 Å². The van der Waals surface area contributed by atoms with Crippen LogP contribution in [0.1, 0.15) is 5.56 Å². The molecule has 0 aromatic heterocycles. The molecule has 0 fully saturated rings. The Balaban J connectivity index is 2.04. The molecule has 2 rings (SSSR count). The van der Waals surface area contributed by atoms with Gasteiger partial charge in [0.05, 0.1) is 9.92 Å². The zero-order valence-corrected chi connectivity index (χ0v) is 12.8. The minimum atomic E-state index is -1.93. The second-order valence-electron chi connectivity index (χ2n) is 3.76. The van der Waals surface area contributed by atoms with E-state index in [0.717, 1.165) is 16.2 Å². The molecule has 2 aromatic rings. The fourth-order valence-electron chi connectivity index (χ4n) is 1.46. The van der Waals surface area contributed by atoms with Crippen molar-refractivity contribution >= 4 is 46.0 Å². The maximum atomic E-state index is 10.8. The average molecular weight is 333 g/mol. The maximum absolute atomic E-state index is 10.8. The molecule has 0 amide bonds. The van der Waals surface area contributed by atoms with Gasteiger partial charge in [-0.05, 0) is 35.9 Å². The Morgan fingerprint density at radius 2 is 1.79 bits per heavy atom. The molecule has 0 saturated heterocycles. The molecule has 0 heterocycles. The number of hydrogen-bond donors (Lipinski definition) is 1. The van der Waals surface area contributed by atoms with Gasteiger partial charge in [-0.3, -0.25) is 0 Å². The zero-order valence-electron chi connectivity index (χ0n) is 9.68. The van der Waals surface area contributed by atoms with Crippen molar-refractivity contribution in [3.05, 3.63) is 58.1 Å². The van der Waals surface area contributed by atoms with Crippen LogP contribution in [0.2, 0.25) is 10.0 Å². The largest absolute Gasteiger partial charge is 0.302 e. The number of thioether (sulfide) groups is 1. The molecule has 0 spiro atoms. The van der Waals surface area contributed by atoms with E-state index < -0.39 is 11.1 Å². The highest BCUT2D eigenvalue weighted by atomic mass is 35.5. The second-order valence-corrected chi connectivity index (χ2v) is 6.59. The first-order valence-corrected chi connectivity index (χ1v) is 8.19. The Morgan fingerprint density at radius 1 is 1.11 bits per heavy atom. The van der Waals surface area contributed by atoms with E-state index in [4.69, 9.17) is 27.8 Å². The van der Waals surface area contributed by atoms with E-state index >= 15 is 0 Å². The van der Waals surface area contributed by atoms with Crippen LogP contribution >= 0.6 is 35.0 Å². The lowest BCUT2D eigenvalue weighted by atomic mass is 10.2. The van der Waals surface area contributed by atoms with Gasteiger partial charge in [-0.2, -0.15) is 0 Å². The molecule has 0 aliphatic carbocycles. The summed E-state index contributed by atoms with van der Waals surface area (Å²) in [6.07, 6.45) is 0. The minimum absolute atomic E-state index is 0.401. The molecule has 6 heteroatoms. The summed E-state index contributed by atoms with van der Waals surface area (Å²) >= 11 is 11.6. The van der Waals surface area contributed by atoms with Crippen molar-refractivity contribution in [3.8, 4) is 0 Å². The van der Waals surface area contributed by atoms with Gasteiger partial charge < -0.3 is 4.55 Å². The number of hydrogen-bond acceptors (Lipinski definition) is 2. The molecule has 0 aliphatic rings. The summed E-state index contributed by atoms with van der Waals surface area (Å²) in [5.74, 6) is 0.736. The topological polar surface area (TPSA) is 37.3 Å². The van der Waals surface area contributed by atoms with E-state index in [-0.39, 0.29) is 0 Å². The highest BCUT2D eigenvalue weighted by Gasteiger charge is 2.04. The highest BCUT2D eigenvalue weighted by molar-refractivity contribution is 7.98. The van der Waals surface area contributed by atoms with Crippen LogP contribution in [0.25, 0.3) is 0 Å². The van der Waals surface area contributed by atoms with Crippen LogP contribution in [0.5, 0.6) is 0 Å². The molecule has 2 nitrogen and oxygen atoms in total. The van der Waals surface area contributed by atoms with Crippen molar-refractivity contribution in [2.45, 2.75) is 15.5 Å². The third-order valence-electron chi connectivity index (χ3n) is 2.41. The van der Waals surface area contributed by atoms with Crippen LogP contribution in [0.4, 0.5) is 0 Å². The Hall–Kier alpha value is -0.520. The third-order valence-corrected chi connectivity index (χ3v) is 4.89. The molecule has 0 aliphatic heterocycles. The van der Waals surface area contributed by atoms with Crippen molar-refractivity contribution in [3.63, 3.8) is 0 Å². The Morgan fingerprint density at radius 3 is 2.37 bits per heavy atom. The number of benzene rings is 2. The van der Waals surface area contributed by atoms with Crippen LogP contribution in [0, 0.1) is 0 Å². The summed E-state index contributed by atoms with van der Waals surface area (Å²) in [7, 11) is 0. The minimum Gasteiger partial charge on any atom is -0.302 e. The van der Waals surface area contributed by atoms with E-state index in [9.17, 15) is 4.21 Å². The predicted molar refractivity (Wildman–Crippen MR) is 81.5 cm³/mol. The fourth-order valence-corrected chi connectivity index (χ4v) is 3.27. The van der Waals surface area contributed by atoms with E-state index in [1.807, 2.05) is 18.2 Å². The van der Waals surface area contributed by atoms with Gasteiger partial charge >= 0.3 is 0 Å². The standard InChI is InChI=1S/C13H10Cl2O2S2/c14-10-3-6-13(12(15)7-10)18-8-9-1-4-11(5-2-9)19(16)17/h1-7H,8H2,(H,16,17). The van der Waals surface area contributed by atoms with Gasteiger partial charge in [-0.25, -0.2) is 4.21 Å². The molecule has 1 N–H and O–H groups in total. The van der Waals surface area contributed by atoms with Crippen LogP contribution in [0.3, 0.4) is 0 Å². The van der Waals surface area contributed by atoms with Gasteiger partial charge in [-0.15, -0.1) is 11.8 Å². The number of halogens is 2. The zero-order chi connectivity index (χ0) is 13.8. The molecular formula is C13H10Cl2O2S2. The summed E-state index contributed by atoms with van der Waals surface area (Å²) in [5.41, 5.74) is 1.06. The molecule has 0 radical (unpaired) electrons. The van der Waals surface area contributed by atoms with E-state index in [1.54, 1.807) is 36.0 Å². The Kier molecular flexibility index (Phi) is 5.30. The molecule has 0 saturated carbocycles. The van der Waals surface area contributed by atoms with Crippen LogP contribution < -0.4 is 0 Å². The maximum Gasteiger partial charge on any atom is 0.186 e. The second kappa shape index (κ2) is 6.77. The van der Waals surface area contributed by atoms with Crippen LogP contribution in [0.15, 0.2) is 52.3 Å². The van der Waals surface area contributed by atoms with Gasteiger partial charge in [0.2, 0.25) is 0 Å².